The molecule has 1 aromatic rings. The van der Waals surface area contributed by atoms with Gasteiger partial charge in [0.25, 0.3) is 0 Å². The molecule has 0 N–H and O–H groups in total. The zero-order chi connectivity index (χ0) is 15.7. The maximum absolute atomic E-state index is 12.1. The highest BCUT2D eigenvalue weighted by atomic mass is 35.5. The highest BCUT2D eigenvalue weighted by Crippen LogP contribution is 2.25. The highest BCUT2D eigenvalue weighted by Gasteiger charge is 2.35. The standard InChI is InChI=1S/C17H24ClN3O/c1-13(14-3-5-15(18)6-4-14)20-9-11-21(12-10-20)16-7-8-19(2)17(16)22/h3-6,13,16H,7-12H2,1-2H3/t13-,16+/m1/s1. The maximum Gasteiger partial charge on any atom is 0.239 e. The molecule has 0 aromatic heterocycles. The predicted octanol–water partition coefficient (Wildman–Crippen LogP) is 2.25. The molecule has 0 unspecified atom stereocenters. The van der Waals surface area contributed by atoms with Crippen LogP contribution in [0.3, 0.4) is 0 Å². The molecule has 0 radical (unpaired) electrons. The van der Waals surface area contributed by atoms with E-state index in [-0.39, 0.29) is 6.04 Å². The van der Waals surface area contributed by atoms with E-state index < -0.39 is 0 Å². The minimum absolute atomic E-state index is 0.109. The van der Waals surface area contributed by atoms with Gasteiger partial charge in [-0.3, -0.25) is 14.6 Å². The van der Waals surface area contributed by atoms with Gasteiger partial charge in [0.2, 0.25) is 5.91 Å². The highest BCUT2D eigenvalue weighted by molar-refractivity contribution is 6.30. The largest absolute Gasteiger partial charge is 0.344 e. The summed E-state index contributed by atoms with van der Waals surface area (Å²) in [7, 11) is 1.90. The van der Waals surface area contributed by atoms with Crippen LogP contribution in [-0.2, 0) is 4.79 Å². The fraction of sp³-hybridized carbons (Fsp3) is 0.588. The minimum atomic E-state index is 0.109. The Morgan fingerprint density at radius 3 is 2.27 bits per heavy atom. The average Bonchev–Trinajstić information content (AvgIpc) is 2.87. The number of piperazine rings is 1. The van der Waals surface area contributed by atoms with Gasteiger partial charge in [0.15, 0.2) is 0 Å². The molecular formula is C17H24ClN3O. The lowest BCUT2D eigenvalue weighted by Crippen LogP contribution is -2.52. The second kappa shape index (κ2) is 6.57. The molecule has 2 aliphatic heterocycles. The van der Waals surface area contributed by atoms with Crippen molar-refractivity contribution in [3.05, 3.63) is 34.9 Å². The van der Waals surface area contributed by atoms with Crippen LogP contribution in [-0.4, -0.2) is 66.4 Å². The van der Waals surface area contributed by atoms with Crippen molar-refractivity contribution in [3.8, 4) is 0 Å². The summed E-state index contributed by atoms with van der Waals surface area (Å²) in [4.78, 5) is 18.8. The summed E-state index contributed by atoms with van der Waals surface area (Å²) in [5.74, 6) is 0.291. The normalized spacial score (nSPS) is 25.7. The fourth-order valence-corrected chi connectivity index (χ4v) is 3.66. The maximum atomic E-state index is 12.1. The lowest BCUT2D eigenvalue weighted by molar-refractivity contribution is -0.131. The number of hydrogen-bond donors (Lipinski definition) is 0. The fourth-order valence-electron chi connectivity index (χ4n) is 3.53. The number of nitrogens with zero attached hydrogens (tertiary/aromatic N) is 3. The monoisotopic (exact) mass is 321 g/mol. The third kappa shape index (κ3) is 3.14. The van der Waals surface area contributed by atoms with Crippen molar-refractivity contribution < 1.29 is 4.79 Å². The number of benzene rings is 1. The number of likely N-dealkylation sites (tertiary alicyclic amines) is 1. The summed E-state index contributed by atoms with van der Waals surface area (Å²) in [5, 5.41) is 0.782. The summed E-state index contributed by atoms with van der Waals surface area (Å²) in [6.45, 7) is 7.11. The summed E-state index contributed by atoms with van der Waals surface area (Å²) >= 11 is 5.96. The molecule has 1 amide bonds. The van der Waals surface area contributed by atoms with Crippen molar-refractivity contribution in [2.24, 2.45) is 0 Å². The lowest BCUT2D eigenvalue weighted by atomic mass is 10.1. The summed E-state index contributed by atoms with van der Waals surface area (Å²) in [6, 6.07) is 8.62. The van der Waals surface area contributed by atoms with E-state index in [0.717, 1.165) is 44.2 Å². The van der Waals surface area contributed by atoms with Gasteiger partial charge in [-0.15, -0.1) is 0 Å². The molecule has 5 heteroatoms. The van der Waals surface area contributed by atoms with Gasteiger partial charge >= 0.3 is 0 Å². The number of halogens is 1. The van der Waals surface area contributed by atoms with Crippen molar-refractivity contribution in [3.63, 3.8) is 0 Å². The van der Waals surface area contributed by atoms with Crippen LogP contribution in [0.25, 0.3) is 0 Å². The van der Waals surface area contributed by atoms with Gasteiger partial charge in [-0.1, -0.05) is 23.7 Å². The predicted molar refractivity (Wildman–Crippen MR) is 89.1 cm³/mol. The molecule has 22 heavy (non-hydrogen) atoms. The first-order chi connectivity index (χ1) is 10.6. The zero-order valence-corrected chi connectivity index (χ0v) is 14.1. The van der Waals surface area contributed by atoms with E-state index in [9.17, 15) is 4.79 Å². The molecule has 0 saturated carbocycles. The Morgan fingerprint density at radius 2 is 1.73 bits per heavy atom. The van der Waals surface area contributed by atoms with Crippen LogP contribution in [0.4, 0.5) is 0 Å². The molecular weight excluding hydrogens is 298 g/mol. The van der Waals surface area contributed by atoms with Gasteiger partial charge < -0.3 is 4.90 Å². The Morgan fingerprint density at radius 1 is 1.09 bits per heavy atom. The second-order valence-electron chi connectivity index (χ2n) is 6.36. The van der Waals surface area contributed by atoms with Gasteiger partial charge in [0.05, 0.1) is 6.04 Å². The third-order valence-electron chi connectivity index (χ3n) is 5.09. The molecule has 1 aromatic carbocycles. The van der Waals surface area contributed by atoms with Crippen LogP contribution in [0.5, 0.6) is 0 Å². The number of carbonyl (C=O) groups is 1. The Hall–Kier alpha value is -1.10. The van der Waals surface area contributed by atoms with Crippen molar-refractivity contribution >= 4 is 17.5 Å². The molecule has 2 saturated heterocycles. The van der Waals surface area contributed by atoms with Crippen LogP contribution in [0, 0.1) is 0 Å². The van der Waals surface area contributed by atoms with Gasteiger partial charge in [-0.05, 0) is 31.0 Å². The van der Waals surface area contributed by atoms with Crippen molar-refractivity contribution in [2.75, 3.05) is 39.8 Å². The van der Waals surface area contributed by atoms with E-state index in [2.05, 4.69) is 28.9 Å². The van der Waals surface area contributed by atoms with E-state index in [0.29, 0.717) is 11.9 Å². The summed E-state index contributed by atoms with van der Waals surface area (Å²) in [5.41, 5.74) is 1.30. The summed E-state index contributed by atoms with van der Waals surface area (Å²) < 4.78 is 0. The van der Waals surface area contributed by atoms with E-state index >= 15 is 0 Å². The molecule has 2 heterocycles. The van der Waals surface area contributed by atoms with Gasteiger partial charge in [0.1, 0.15) is 0 Å². The SMILES string of the molecule is C[C@H](c1ccc(Cl)cc1)N1CCN([C@H]2CCN(C)C2=O)CC1. The average molecular weight is 322 g/mol. The molecule has 0 aliphatic carbocycles. The first-order valence-corrected chi connectivity index (χ1v) is 8.42. The van der Waals surface area contributed by atoms with E-state index in [1.165, 1.54) is 5.56 Å². The summed E-state index contributed by atoms with van der Waals surface area (Å²) in [6.07, 6.45) is 0.974. The first kappa shape index (κ1) is 15.8. The molecule has 120 valence electrons. The Kier molecular flexibility index (Phi) is 4.71. The van der Waals surface area contributed by atoms with Gasteiger partial charge in [0, 0.05) is 50.8 Å². The number of hydrogen-bond acceptors (Lipinski definition) is 3. The van der Waals surface area contributed by atoms with Crippen LogP contribution in [0.1, 0.15) is 24.9 Å². The molecule has 0 spiro atoms. The van der Waals surface area contributed by atoms with E-state index in [1.54, 1.807) is 0 Å². The smallest absolute Gasteiger partial charge is 0.239 e. The molecule has 2 atom stereocenters. The van der Waals surface area contributed by atoms with E-state index in [4.69, 9.17) is 11.6 Å². The van der Waals surface area contributed by atoms with Crippen LogP contribution in [0.2, 0.25) is 5.02 Å². The first-order valence-electron chi connectivity index (χ1n) is 8.05. The molecule has 4 nitrogen and oxygen atoms in total. The Labute approximate surface area is 137 Å². The van der Waals surface area contributed by atoms with E-state index in [1.807, 2.05) is 24.1 Å². The van der Waals surface area contributed by atoms with Crippen molar-refractivity contribution in [1.29, 1.82) is 0 Å². The number of likely N-dealkylation sites (N-methyl/N-ethyl adjacent to an activating group) is 1. The Bertz CT molecular complexity index is 525. The lowest BCUT2D eigenvalue weighted by Gasteiger charge is -2.40. The third-order valence-corrected chi connectivity index (χ3v) is 5.34. The molecule has 3 rings (SSSR count). The topological polar surface area (TPSA) is 26.8 Å². The van der Waals surface area contributed by atoms with Gasteiger partial charge in [-0.2, -0.15) is 0 Å². The van der Waals surface area contributed by atoms with Crippen LogP contribution < -0.4 is 0 Å². The number of carbonyl (C=O) groups excluding carboxylic acids is 1. The molecule has 2 fully saturated rings. The Balaban J connectivity index is 1.57. The van der Waals surface area contributed by atoms with Crippen LogP contribution in [0.15, 0.2) is 24.3 Å². The molecule has 0 bridgehead atoms. The van der Waals surface area contributed by atoms with Crippen LogP contribution >= 0.6 is 11.6 Å². The minimum Gasteiger partial charge on any atom is -0.344 e. The molecule has 2 aliphatic rings. The number of rotatable bonds is 3. The number of amides is 1. The van der Waals surface area contributed by atoms with Crippen molar-refractivity contribution in [1.82, 2.24) is 14.7 Å². The quantitative estimate of drug-likeness (QED) is 0.854. The van der Waals surface area contributed by atoms with Crippen molar-refractivity contribution in [2.45, 2.75) is 25.4 Å². The van der Waals surface area contributed by atoms with Gasteiger partial charge in [-0.25, -0.2) is 0 Å². The zero-order valence-electron chi connectivity index (χ0n) is 13.3. The second-order valence-corrected chi connectivity index (χ2v) is 6.80.